The Morgan fingerprint density at radius 1 is 1.07 bits per heavy atom. The Balaban J connectivity index is 2.23. The van der Waals surface area contributed by atoms with Crippen molar-refractivity contribution in [2.24, 2.45) is 0 Å². The maximum absolute atomic E-state index is 12.2. The number of benzene rings is 1. The van der Waals surface area contributed by atoms with E-state index in [1.54, 1.807) is 24.3 Å². The zero-order valence-corrected chi connectivity index (χ0v) is 17.1. The third-order valence-corrected chi connectivity index (χ3v) is 5.14. The van der Waals surface area contributed by atoms with E-state index in [0.717, 1.165) is 0 Å². The number of allylic oxidation sites excluding steroid dienone is 1. The number of carbonyl (C=O) groups excluding carboxylic acids is 3. The second-order valence-corrected chi connectivity index (χ2v) is 6.66. The standard InChI is InChI=1S/C22H22O8/c1-26-16-12-17-15(9-13(16)5-6-20(24)28-3)22(8-7-21(25)29-4)18(27-2)10-14(23)11-19(22)30-17/h5-10,12,19H,11H2,1-4H3/b6-5+,8-7+/t19-,22+/m0/s1. The molecule has 30 heavy (non-hydrogen) atoms. The molecule has 0 amide bonds. The number of hydrogen-bond acceptors (Lipinski definition) is 8. The van der Waals surface area contributed by atoms with E-state index in [-0.39, 0.29) is 12.2 Å². The van der Waals surface area contributed by atoms with Crippen molar-refractivity contribution in [1.82, 2.24) is 0 Å². The Hall–Kier alpha value is -3.55. The number of ether oxygens (including phenoxy) is 5. The number of fused-ring (bicyclic) bond motifs is 3. The van der Waals surface area contributed by atoms with E-state index >= 15 is 0 Å². The Morgan fingerprint density at radius 2 is 1.77 bits per heavy atom. The summed E-state index contributed by atoms with van der Waals surface area (Å²) < 4.78 is 26.4. The highest BCUT2D eigenvalue weighted by molar-refractivity contribution is 5.94. The molecule has 2 atom stereocenters. The van der Waals surface area contributed by atoms with E-state index in [9.17, 15) is 14.4 Å². The van der Waals surface area contributed by atoms with Crippen LogP contribution in [-0.2, 0) is 34.0 Å². The van der Waals surface area contributed by atoms with Gasteiger partial charge in [0.15, 0.2) is 5.78 Å². The zero-order chi connectivity index (χ0) is 21.9. The first kappa shape index (κ1) is 21.2. The molecule has 0 fully saturated rings. The smallest absolute Gasteiger partial charge is 0.330 e. The Bertz CT molecular complexity index is 972. The molecule has 2 aliphatic rings. The fourth-order valence-corrected chi connectivity index (χ4v) is 3.73. The predicted molar refractivity (Wildman–Crippen MR) is 106 cm³/mol. The molecule has 0 spiro atoms. The van der Waals surface area contributed by atoms with Crippen molar-refractivity contribution >= 4 is 23.8 Å². The number of hydrogen-bond donors (Lipinski definition) is 0. The van der Waals surface area contributed by atoms with E-state index in [2.05, 4.69) is 4.74 Å². The highest BCUT2D eigenvalue weighted by Crippen LogP contribution is 2.53. The lowest BCUT2D eigenvalue weighted by molar-refractivity contribution is -0.135. The van der Waals surface area contributed by atoms with Gasteiger partial charge in [0.25, 0.3) is 0 Å². The summed E-state index contributed by atoms with van der Waals surface area (Å²) in [6.45, 7) is 0. The fourth-order valence-electron chi connectivity index (χ4n) is 3.73. The van der Waals surface area contributed by atoms with Gasteiger partial charge >= 0.3 is 11.9 Å². The third kappa shape index (κ3) is 3.56. The molecule has 0 N–H and O–H groups in total. The van der Waals surface area contributed by atoms with Crippen molar-refractivity contribution < 1.29 is 38.1 Å². The highest BCUT2D eigenvalue weighted by Gasteiger charge is 2.54. The minimum absolute atomic E-state index is 0.0999. The van der Waals surface area contributed by atoms with Crippen LogP contribution in [0.5, 0.6) is 11.5 Å². The monoisotopic (exact) mass is 414 g/mol. The van der Waals surface area contributed by atoms with Crippen LogP contribution in [0.3, 0.4) is 0 Å². The summed E-state index contributed by atoms with van der Waals surface area (Å²) in [5, 5.41) is 0. The Labute approximate surface area is 173 Å². The largest absolute Gasteiger partial charge is 0.500 e. The molecule has 0 bridgehead atoms. The summed E-state index contributed by atoms with van der Waals surface area (Å²) >= 11 is 0. The van der Waals surface area contributed by atoms with Gasteiger partial charge in [0.05, 0.1) is 28.4 Å². The molecule has 0 unspecified atom stereocenters. The van der Waals surface area contributed by atoms with Gasteiger partial charge in [0.1, 0.15) is 28.8 Å². The van der Waals surface area contributed by atoms with Crippen LogP contribution >= 0.6 is 0 Å². The van der Waals surface area contributed by atoms with Crippen LogP contribution in [-0.4, -0.2) is 52.3 Å². The molecule has 1 aliphatic heterocycles. The maximum Gasteiger partial charge on any atom is 0.330 e. The average molecular weight is 414 g/mol. The highest BCUT2D eigenvalue weighted by atomic mass is 16.5. The number of carbonyl (C=O) groups is 3. The molecule has 1 heterocycles. The molecule has 0 saturated carbocycles. The molecule has 8 heteroatoms. The second-order valence-electron chi connectivity index (χ2n) is 6.66. The molecule has 1 aliphatic carbocycles. The maximum atomic E-state index is 12.2. The lowest BCUT2D eigenvalue weighted by Crippen LogP contribution is -2.43. The summed E-state index contributed by atoms with van der Waals surface area (Å²) in [4.78, 5) is 35.6. The number of methoxy groups -OCH3 is 4. The van der Waals surface area contributed by atoms with Gasteiger partial charge in [-0.15, -0.1) is 0 Å². The van der Waals surface area contributed by atoms with Crippen LogP contribution in [0.25, 0.3) is 6.08 Å². The van der Waals surface area contributed by atoms with Crippen molar-refractivity contribution in [1.29, 1.82) is 0 Å². The van der Waals surface area contributed by atoms with Gasteiger partial charge in [-0.2, -0.15) is 0 Å². The van der Waals surface area contributed by atoms with Gasteiger partial charge in [-0.3, -0.25) is 4.79 Å². The van der Waals surface area contributed by atoms with Crippen LogP contribution in [0.15, 0.2) is 42.2 Å². The fraction of sp³-hybridized carbons (Fsp3) is 0.318. The van der Waals surface area contributed by atoms with E-state index in [1.807, 2.05) is 0 Å². The van der Waals surface area contributed by atoms with Crippen molar-refractivity contribution in [3.05, 3.63) is 53.3 Å². The molecule has 3 rings (SSSR count). The van der Waals surface area contributed by atoms with Gasteiger partial charge in [-0.25, -0.2) is 9.59 Å². The first-order valence-electron chi connectivity index (χ1n) is 9.11. The lowest BCUT2D eigenvalue weighted by atomic mass is 9.70. The van der Waals surface area contributed by atoms with Gasteiger partial charge in [0.2, 0.25) is 0 Å². The molecule has 0 radical (unpaired) electrons. The van der Waals surface area contributed by atoms with E-state index in [0.29, 0.717) is 28.4 Å². The van der Waals surface area contributed by atoms with E-state index in [1.165, 1.54) is 46.7 Å². The molecular weight excluding hydrogens is 392 g/mol. The first-order chi connectivity index (χ1) is 14.4. The molecule has 8 nitrogen and oxygen atoms in total. The number of esters is 2. The minimum atomic E-state index is -1.02. The van der Waals surface area contributed by atoms with Crippen molar-refractivity contribution in [3.63, 3.8) is 0 Å². The quantitative estimate of drug-likeness (QED) is 0.516. The Morgan fingerprint density at radius 3 is 2.40 bits per heavy atom. The van der Waals surface area contributed by atoms with Gasteiger partial charge < -0.3 is 23.7 Å². The van der Waals surface area contributed by atoms with E-state index < -0.39 is 23.5 Å². The molecule has 158 valence electrons. The normalized spacial score (nSPS) is 22.2. The second kappa shape index (κ2) is 8.44. The van der Waals surface area contributed by atoms with Crippen LogP contribution in [0, 0.1) is 0 Å². The molecular formula is C22H22O8. The van der Waals surface area contributed by atoms with Crippen LogP contribution < -0.4 is 9.47 Å². The summed E-state index contributed by atoms with van der Waals surface area (Å²) in [7, 11) is 5.51. The first-order valence-corrected chi connectivity index (χ1v) is 9.11. The van der Waals surface area contributed by atoms with Gasteiger partial charge in [0, 0.05) is 41.8 Å². The van der Waals surface area contributed by atoms with Crippen molar-refractivity contribution in [2.75, 3.05) is 28.4 Å². The molecule has 0 saturated heterocycles. The SMILES string of the molecule is COC(=O)/C=C/c1cc2c(cc1OC)O[C@H]1CC(=O)C=C(OC)[C@@]21/C=C/C(=O)OC. The molecule has 1 aromatic rings. The van der Waals surface area contributed by atoms with Crippen molar-refractivity contribution in [3.8, 4) is 11.5 Å². The topological polar surface area (TPSA) is 97.4 Å². The van der Waals surface area contributed by atoms with E-state index in [4.69, 9.17) is 18.9 Å². The summed E-state index contributed by atoms with van der Waals surface area (Å²) in [6.07, 6.45) is 6.62. The van der Waals surface area contributed by atoms with Gasteiger partial charge in [-0.1, -0.05) is 6.08 Å². The average Bonchev–Trinajstić information content (AvgIpc) is 3.06. The number of ketones is 1. The minimum Gasteiger partial charge on any atom is -0.500 e. The zero-order valence-electron chi connectivity index (χ0n) is 17.1. The molecule has 1 aromatic carbocycles. The summed E-state index contributed by atoms with van der Waals surface area (Å²) in [5.41, 5.74) is 0.231. The lowest BCUT2D eigenvalue weighted by Gasteiger charge is -2.35. The van der Waals surface area contributed by atoms with Crippen LogP contribution in [0.2, 0.25) is 0 Å². The third-order valence-electron chi connectivity index (χ3n) is 5.14. The predicted octanol–water partition coefficient (Wildman–Crippen LogP) is 2.11. The van der Waals surface area contributed by atoms with Crippen LogP contribution in [0.4, 0.5) is 0 Å². The van der Waals surface area contributed by atoms with Crippen molar-refractivity contribution in [2.45, 2.75) is 17.9 Å². The summed E-state index contributed by atoms with van der Waals surface area (Å²) in [6, 6.07) is 3.45. The Kier molecular flexibility index (Phi) is 5.96. The van der Waals surface area contributed by atoms with Crippen LogP contribution in [0.1, 0.15) is 17.5 Å². The summed E-state index contributed by atoms with van der Waals surface area (Å²) in [5.74, 6) is 0.0735. The molecule has 0 aromatic heterocycles. The van der Waals surface area contributed by atoms with Gasteiger partial charge in [-0.05, 0) is 12.1 Å². The number of rotatable bonds is 6.